The van der Waals surface area contributed by atoms with Crippen LogP contribution in [0.5, 0.6) is 5.75 Å². The third kappa shape index (κ3) is 4.59. The van der Waals surface area contributed by atoms with Crippen LogP contribution in [-0.2, 0) is 22.6 Å². The summed E-state index contributed by atoms with van der Waals surface area (Å²) in [6.07, 6.45) is 3.65. The van der Waals surface area contributed by atoms with Crippen LogP contribution < -0.4 is 10.1 Å². The topological polar surface area (TPSA) is 81.5 Å². The molecule has 3 rings (SSSR count). The van der Waals surface area contributed by atoms with Crippen LogP contribution in [0.15, 0.2) is 30.9 Å². The lowest BCUT2D eigenvalue weighted by atomic mass is 10.1. The fraction of sp³-hybridized carbons (Fsp3) is 0.500. The molecule has 1 aromatic carbocycles. The van der Waals surface area contributed by atoms with Gasteiger partial charge in [0, 0.05) is 38.2 Å². The molecule has 2 aromatic rings. The van der Waals surface area contributed by atoms with Crippen molar-refractivity contribution in [3.63, 3.8) is 0 Å². The molecule has 1 aliphatic rings. The van der Waals surface area contributed by atoms with E-state index in [1.54, 1.807) is 25.2 Å². The number of nitrogens with zero attached hydrogens (tertiary/aromatic N) is 4. The third-order valence-electron chi connectivity index (χ3n) is 4.58. The number of nitrogens with one attached hydrogen (secondary N) is 1. The van der Waals surface area contributed by atoms with Gasteiger partial charge in [0.05, 0.1) is 26.9 Å². The molecular weight excluding hydrogens is 334 g/mol. The summed E-state index contributed by atoms with van der Waals surface area (Å²) in [5, 5.41) is 6.86. The molecule has 140 valence electrons. The van der Waals surface area contributed by atoms with Crippen molar-refractivity contribution >= 4 is 5.91 Å². The van der Waals surface area contributed by atoms with Crippen molar-refractivity contribution in [3.05, 3.63) is 42.0 Å². The summed E-state index contributed by atoms with van der Waals surface area (Å²) in [7, 11) is 3.33. The van der Waals surface area contributed by atoms with Crippen molar-refractivity contribution in [2.24, 2.45) is 0 Å². The fourth-order valence-corrected chi connectivity index (χ4v) is 3.18. The maximum atomic E-state index is 11.8. The van der Waals surface area contributed by atoms with Gasteiger partial charge in [-0.2, -0.15) is 5.10 Å². The van der Waals surface area contributed by atoms with E-state index >= 15 is 0 Å². The van der Waals surface area contributed by atoms with Crippen molar-refractivity contribution < 1.29 is 14.3 Å². The van der Waals surface area contributed by atoms with Crippen LogP contribution >= 0.6 is 0 Å². The molecule has 0 saturated carbocycles. The Balaban J connectivity index is 1.74. The molecule has 8 nitrogen and oxygen atoms in total. The highest BCUT2D eigenvalue weighted by Gasteiger charge is 2.25. The quantitative estimate of drug-likeness (QED) is 0.783. The van der Waals surface area contributed by atoms with E-state index in [0.717, 1.165) is 24.4 Å². The van der Waals surface area contributed by atoms with Crippen LogP contribution in [0.25, 0.3) is 0 Å². The summed E-state index contributed by atoms with van der Waals surface area (Å²) in [5.41, 5.74) is 2.22. The lowest BCUT2D eigenvalue weighted by molar-refractivity contribution is -0.123. The number of amides is 1. The van der Waals surface area contributed by atoms with E-state index in [0.29, 0.717) is 26.2 Å². The molecule has 0 spiro atoms. The molecule has 0 radical (unpaired) electrons. The second-order valence-corrected chi connectivity index (χ2v) is 6.32. The number of hydrogen-bond acceptors (Lipinski definition) is 6. The van der Waals surface area contributed by atoms with Gasteiger partial charge in [0.1, 0.15) is 18.4 Å². The standard InChI is InChI=1S/C18H25N5O3/c1-19-18(24)8-16-11-26-6-5-22(16)9-14-3-4-17(25-2)15(7-14)10-23-13-20-12-21-23/h3-4,7,12-13,16H,5-6,8-11H2,1-2H3,(H,19,24)/t16-/m1/s1. The minimum Gasteiger partial charge on any atom is -0.496 e. The number of hydrogen-bond donors (Lipinski definition) is 1. The van der Waals surface area contributed by atoms with E-state index in [9.17, 15) is 4.79 Å². The van der Waals surface area contributed by atoms with Gasteiger partial charge in [-0.3, -0.25) is 9.69 Å². The zero-order chi connectivity index (χ0) is 18.4. The molecular formula is C18H25N5O3. The first-order chi connectivity index (χ1) is 12.7. The zero-order valence-corrected chi connectivity index (χ0v) is 15.2. The molecule has 1 atom stereocenters. The van der Waals surface area contributed by atoms with E-state index in [1.807, 2.05) is 6.07 Å². The predicted molar refractivity (Wildman–Crippen MR) is 95.8 cm³/mol. The predicted octanol–water partition coefficient (Wildman–Crippen LogP) is 0.672. The van der Waals surface area contributed by atoms with Crippen molar-refractivity contribution in [2.45, 2.75) is 25.6 Å². The maximum Gasteiger partial charge on any atom is 0.221 e. The lowest BCUT2D eigenvalue weighted by Gasteiger charge is -2.35. The van der Waals surface area contributed by atoms with Gasteiger partial charge in [-0.05, 0) is 17.7 Å². The van der Waals surface area contributed by atoms with E-state index in [4.69, 9.17) is 9.47 Å². The van der Waals surface area contributed by atoms with E-state index in [1.165, 1.54) is 11.9 Å². The summed E-state index contributed by atoms with van der Waals surface area (Å²) in [4.78, 5) is 18.1. The monoisotopic (exact) mass is 359 g/mol. The van der Waals surface area contributed by atoms with Crippen LogP contribution in [0.4, 0.5) is 0 Å². The highest BCUT2D eigenvalue weighted by Crippen LogP contribution is 2.23. The van der Waals surface area contributed by atoms with E-state index in [-0.39, 0.29) is 11.9 Å². The Labute approximate surface area is 153 Å². The van der Waals surface area contributed by atoms with Gasteiger partial charge in [-0.1, -0.05) is 6.07 Å². The molecule has 1 aromatic heterocycles. The van der Waals surface area contributed by atoms with Crippen molar-refractivity contribution in [2.75, 3.05) is 33.9 Å². The number of morpholine rings is 1. The minimum atomic E-state index is 0.0344. The van der Waals surface area contributed by atoms with Gasteiger partial charge in [0.25, 0.3) is 0 Å². The molecule has 2 heterocycles. The average Bonchev–Trinajstić information content (AvgIpc) is 3.16. The van der Waals surface area contributed by atoms with E-state index in [2.05, 4.69) is 32.4 Å². The first-order valence-electron chi connectivity index (χ1n) is 8.70. The van der Waals surface area contributed by atoms with Crippen LogP contribution in [0.2, 0.25) is 0 Å². The van der Waals surface area contributed by atoms with Crippen LogP contribution in [0.1, 0.15) is 17.5 Å². The molecule has 0 unspecified atom stereocenters. The van der Waals surface area contributed by atoms with Gasteiger partial charge in [0.2, 0.25) is 5.91 Å². The highest BCUT2D eigenvalue weighted by molar-refractivity contribution is 5.76. The van der Waals surface area contributed by atoms with Crippen molar-refractivity contribution in [1.82, 2.24) is 25.0 Å². The van der Waals surface area contributed by atoms with Gasteiger partial charge in [-0.15, -0.1) is 0 Å². The third-order valence-corrected chi connectivity index (χ3v) is 4.58. The number of carbonyl (C=O) groups is 1. The molecule has 0 bridgehead atoms. The van der Waals surface area contributed by atoms with Gasteiger partial charge in [0.15, 0.2) is 0 Å². The second-order valence-electron chi connectivity index (χ2n) is 6.32. The number of aromatic nitrogens is 3. The molecule has 1 N–H and O–H groups in total. The second kappa shape index (κ2) is 8.77. The Morgan fingerprint density at radius 3 is 3.04 bits per heavy atom. The number of carbonyl (C=O) groups excluding carboxylic acids is 1. The number of rotatable bonds is 7. The maximum absolute atomic E-state index is 11.8. The zero-order valence-electron chi connectivity index (χ0n) is 15.2. The smallest absolute Gasteiger partial charge is 0.221 e. The van der Waals surface area contributed by atoms with Crippen LogP contribution in [-0.4, -0.2) is 65.5 Å². The number of methoxy groups -OCH3 is 1. The minimum absolute atomic E-state index is 0.0344. The van der Waals surface area contributed by atoms with Gasteiger partial charge < -0.3 is 14.8 Å². The first kappa shape index (κ1) is 18.3. The Hall–Kier alpha value is -2.45. The lowest BCUT2D eigenvalue weighted by Crippen LogP contribution is -2.46. The summed E-state index contributed by atoms with van der Waals surface area (Å²) in [6, 6.07) is 6.27. The normalized spacial score (nSPS) is 17.8. The largest absolute Gasteiger partial charge is 0.496 e. The summed E-state index contributed by atoms with van der Waals surface area (Å²) >= 11 is 0. The molecule has 1 aliphatic heterocycles. The molecule has 1 fully saturated rings. The Bertz CT molecular complexity index is 720. The summed E-state index contributed by atoms with van der Waals surface area (Å²) in [6.45, 7) is 3.44. The Kier molecular flexibility index (Phi) is 6.19. The molecule has 1 amide bonds. The molecule has 26 heavy (non-hydrogen) atoms. The average molecular weight is 359 g/mol. The van der Waals surface area contributed by atoms with Crippen molar-refractivity contribution in [3.8, 4) is 5.75 Å². The van der Waals surface area contributed by atoms with Gasteiger partial charge in [-0.25, -0.2) is 9.67 Å². The Morgan fingerprint density at radius 1 is 1.42 bits per heavy atom. The van der Waals surface area contributed by atoms with Crippen molar-refractivity contribution in [1.29, 1.82) is 0 Å². The highest BCUT2D eigenvalue weighted by atomic mass is 16.5. The molecule has 0 aliphatic carbocycles. The van der Waals surface area contributed by atoms with E-state index < -0.39 is 0 Å². The van der Waals surface area contributed by atoms with Gasteiger partial charge >= 0.3 is 0 Å². The van der Waals surface area contributed by atoms with Crippen LogP contribution in [0, 0.1) is 0 Å². The Morgan fingerprint density at radius 2 is 2.31 bits per heavy atom. The summed E-state index contributed by atoms with van der Waals surface area (Å²) in [5.74, 6) is 0.861. The number of ether oxygens (including phenoxy) is 2. The SMILES string of the molecule is CNC(=O)C[C@@H]1COCCN1Cc1ccc(OC)c(Cn2cncn2)c1. The molecule has 8 heteroatoms. The summed E-state index contributed by atoms with van der Waals surface area (Å²) < 4.78 is 12.8. The molecule has 1 saturated heterocycles. The van der Waals surface area contributed by atoms with Crippen LogP contribution in [0.3, 0.4) is 0 Å². The first-order valence-corrected chi connectivity index (χ1v) is 8.70. The fourth-order valence-electron chi connectivity index (χ4n) is 3.18. The number of benzene rings is 1.